The van der Waals surface area contributed by atoms with Crippen molar-refractivity contribution in [3.05, 3.63) is 0 Å². The molecule has 0 fully saturated rings. The molecule has 0 amide bonds. The summed E-state index contributed by atoms with van der Waals surface area (Å²) in [4.78, 5) is 10.0. The maximum atomic E-state index is 10.9. The lowest BCUT2D eigenvalue weighted by atomic mass is 10.3. The van der Waals surface area contributed by atoms with Crippen LogP contribution in [0.15, 0.2) is 0 Å². The van der Waals surface area contributed by atoms with E-state index in [0.29, 0.717) is 0 Å². The van der Waals surface area contributed by atoms with E-state index < -0.39 is 15.8 Å². The summed E-state index contributed by atoms with van der Waals surface area (Å²) in [6.07, 6.45) is 0.0570. The molecule has 0 aliphatic carbocycles. The first-order chi connectivity index (χ1) is 5.48. The van der Waals surface area contributed by atoms with Gasteiger partial charge < -0.3 is 10.8 Å². The van der Waals surface area contributed by atoms with Gasteiger partial charge in [0.1, 0.15) is 0 Å². The largest absolute Gasteiger partial charge is 0.481 e. The van der Waals surface area contributed by atoms with Crippen LogP contribution in [0, 0.1) is 0 Å². The van der Waals surface area contributed by atoms with Crippen LogP contribution in [0.25, 0.3) is 0 Å². The van der Waals surface area contributed by atoms with E-state index in [-0.39, 0.29) is 43.3 Å². The summed E-state index contributed by atoms with van der Waals surface area (Å²) in [6, 6.07) is 0. The molecular weight excluding hydrogens is 218 g/mol. The lowest BCUT2D eigenvalue weighted by Gasteiger charge is -1.99. The monoisotopic (exact) mass is 231 g/mol. The number of hydrogen-bond donors (Lipinski definition) is 2. The summed E-state index contributed by atoms with van der Waals surface area (Å²) in [5, 5.41) is 8.22. The highest BCUT2D eigenvalue weighted by molar-refractivity contribution is 7.91. The molecule has 13 heavy (non-hydrogen) atoms. The number of rotatable bonds is 6. The Morgan fingerprint density at radius 3 is 2.23 bits per heavy atom. The number of carbonyl (C=O) groups is 1. The minimum atomic E-state index is -3.12. The minimum absolute atomic E-state index is 0. The fraction of sp³-hybridized carbons (Fsp3) is 0.833. The van der Waals surface area contributed by atoms with Crippen molar-refractivity contribution in [2.45, 2.75) is 12.8 Å². The van der Waals surface area contributed by atoms with Gasteiger partial charge in [-0.15, -0.1) is 12.4 Å². The van der Waals surface area contributed by atoms with E-state index in [2.05, 4.69) is 0 Å². The molecule has 3 N–H and O–H groups in total. The second kappa shape index (κ2) is 7.11. The number of nitrogens with two attached hydrogens (primary N) is 1. The summed E-state index contributed by atoms with van der Waals surface area (Å²) < 4.78 is 21.9. The first-order valence-corrected chi connectivity index (χ1v) is 5.42. The van der Waals surface area contributed by atoms with Gasteiger partial charge in [-0.25, -0.2) is 8.42 Å². The molecule has 0 unspecified atom stereocenters. The highest BCUT2D eigenvalue weighted by atomic mass is 35.5. The first kappa shape index (κ1) is 15.2. The molecule has 0 aromatic heterocycles. The highest BCUT2D eigenvalue weighted by Gasteiger charge is 2.09. The molecule has 0 aromatic carbocycles. The SMILES string of the molecule is Cl.NCCS(=O)(=O)CCCC(=O)O. The van der Waals surface area contributed by atoms with Crippen molar-refractivity contribution in [2.24, 2.45) is 5.73 Å². The van der Waals surface area contributed by atoms with Crippen LogP contribution < -0.4 is 5.73 Å². The van der Waals surface area contributed by atoms with Gasteiger partial charge in [-0.05, 0) is 6.42 Å². The van der Waals surface area contributed by atoms with Crippen molar-refractivity contribution in [1.29, 1.82) is 0 Å². The number of halogens is 1. The van der Waals surface area contributed by atoms with E-state index in [0.717, 1.165) is 0 Å². The molecule has 7 heteroatoms. The Morgan fingerprint density at radius 1 is 1.31 bits per heavy atom. The molecule has 0 rings (SSSR count). The van der Waals surface area contributed by atoms with Crippen molar-refractivity contribution in [1.82, 2.24) is 0 Å². The molecule has 0 aliphatic heterocycles. The Kier molecular flexibility index (Phi) is 8.29. The third kappa shape index (κ3) is 9.59. The highest BCUT2D eigenvalue weighted by Crippen LogP contribution is 1.96. The number of carboxylic acids is 1. The van der Waals surface area contributed by atoms with Crippen LogP contribution in [-0.2, 0) is 14.6 Å². The Morgan fingerprint density at radius 2 is 1.85 bits per heavy atom. The molecule has 0 atom stereocenters. The van der Waals surface area contributed by atoms with E-state index in [1.807, 2.05) is 0 Å². The van der Waals surface area contributed by atoms with Crippen LogP contribution in [0.1, 0.15) is 12.8 Å². The van der Waals surface area contributed by atoms with Gasteiger partial charge in [-0.3, -0.25) is 4.79 Å². The molecule has 80 valence electrons. The van der Waals surface area contributed by atoms with Gasteiger partial charge in [0.15, 0.2) is 9.84 Å². The molecule has 0 bridgehead atoms. The molecule has 0 aliphatic rings. The molecule has 0 spiro atoms. The fourth-order valence-corrected chi connectivity index (χ4v) is 1.87. The van der Waals surface area contributed by atoms with Gasteiger partial charge in [-0.1, -0.05) is 0 Å². The average molecular weight is 232 g/mol. The van der Waals surface area contributed by atoms with Gasteiger partial charge in [-0.2, -0.15) is 0 Å². The van der Waals surface area contributed by atoms with Gasteiger partial charge >= 0.3 is 5.97 Å². The van der Waals surface area contributed by atoms with Crippen LogP contribution >= 0.6 is 12.4 Å². The van der Waals surface area contributed by atoms with E-state index in [1.54, 1.807) is 0 Å². The minimum Gasteiger partial charge on any atom is -0.481 e. The van der Waals surface area contributed by atoms with Crippen LogP contribution in [0.3, 0.4) is 0 Å². The number of aliphatic carboxylic acids is 1. The summed E-state index contributed by atoms with van der Waals surface area (Å²) in [7, 11) is -3.12. The predicted octanol–water partition coefficient (Wildman–Crippen LogP) is -0.354. The second-order valence-electron chi connectivity index (χ2n) is 2.44. The Hall–Kier alpha value is -0.330. The van der Waals surface area contributed by atoms with E-state index in [4.69, 9.17) is 10.8 Å². The summed E-state index contributed by atoms with van der Waals surface area (Å²) >= 11 is 0. The van der Waals surface area contributed by atoms with Crippen molar-refractivity contribution in [3.63, 3.8) is 0 Å². The number of sulfone groups is 1. The topological polar surface area (TPSA) is 97.5 Å². The Balaban J connectivity index is 0. The number of carboxylic acid groups (broad SMARTS) is 1. The Bertz CT molecular complexity index is 239. The zero-order chi connectivity index (χ0) is 9.61. The van der Waals surface area contributed by atoms with Gasteiger partial charge in [0.2, 0.25) is 0 Å². The average Bonchev–Trinajstić information content (AvgIpc) is 1.85. The molecule has 0 saturated carbocycles. The lowest BCUT2D eigenvalue weighted by molar-refractivity contribution is -0.137. The third-order valence-corrected chi connectivity index (χ3v) is 3.04. The smallest absolute Gasteiger partial charge is 0.303 e. The quantitative estimate of drug-likeness (QED) is 0.651. The van der Waals surface area contributed by atoms with Gasteiger partial charge in [0, 0.05) is 13.0 Å². The fourth-order valence-electron chi connectivity index (χ4n) is 0.725. The maximum Gasteiger partial charge on any atom is 0.303 e. The predicted molar refractivity (Wildman–Crippen MR) is 51.8 cm³/mol. The maximum absolute atomic E-state index is 10.9. The zero-order valence-corrected chi connectivity index (χ0v) is 8.73. The summed E-state index contributed by atoms with van der Waals surface area (Å²) in [5.74, 6) is -1.12. The van der Waals surface area contributed by atoms with Crippen LogP contribution in [-0.4, -0.2) is 37.5 Å². The van der Waals surface area contributed by atoms with Crippen molar-refractivity contribution in [3.8, 4) is 0 Å². The summed E-state index contributed by atoms with van der Waals surface area (Å²) in [5.41, 5.74) is 5.05. The van der Waals surface area contributed by atoms with Gasteiger partial charge in [0.25, 0.3) is 0 Å². The van der Waals surface area contributed by atoms with Gasteiger partial charge in [0.05, 0.1) is 11.5 Å². The first-order valence-electron chi connectivity index (χ1n) is 3.60. The Labute approximate surface area is 83.6 Å². The third-order valence-electron chi connectivity index (χ3n) is 1.27. The zero-order valence-electron chi connectivity index (χ0n) is 7.10. The van der Waals surface area contributed by atoms with Crippen molar-refractivity contribution < 1.29 is 18.3 Å². The molecular formula is C6H14ClNO4S. The molecule has 0 aromatic rings. The van der Waals surface area contributed by atoms with E-state index in [9.17, 15) is 13.2 Å². The van der Waals surface area contributed by atoms with Crippen LogP contribution in [0.5, 0.6) is 0 Å². The standard InChI is InChI=1S/C6H13NO4S.ClH/c7-3-5-12(10,11)4-1-2-6(8)9;/h1-5,7H2,(H,8,9);1H. The molecule has 5 nitrogen and oxygen atoms in total. The van der Waals surface area contributed by atoms with E-state index >= 15 is 0 Å². The lowest BCUT2D eigenvalue weighted by Crippen LogP contribution is -2.18. The van der Waals surface area contributed by atoms with Crippen LogP contribution in [0.2, 0.25) is 0 Å². The van der Waals surface area contributed by atoms with Crippen LogP contribution in [0.4, 0.5) is 0 Å². The van der Waals surface area contributed by atoms with E-state index in [1.165, 1.54) is 0 Å². The normalized spacial score (nSPS) is 10.5. The molecule has 0 radical (unpaired) electrons. The van der Waals surface area contributed by atoms with Crippen molar-refractivity contribution in [2.75, 3.05) is 18.1 Å². The summed E-state index contributed by atoms with van der Waals surface area (Å²) in [6.45, 7) is 0.0927. The molecule has 0 heterocycles. The second-order valence-corrected chi connectivity index (χ2v) is 4.74. The molecule has 0 saturated heterocycles. The number of hydrogen-bond acceptors (Lipinski definition) is 4. The van der Waals surface area contributed by atoms with Crippen molar-refractivity contribution >= 4 is 28.2 Å².